The molecule has 0 fully saturated rings. The van der Waals surface area contributed by atoms with E-state index in [-0.39, 0.29) is 18.1 Å². The van der Waals surface area contributed by atoms with Gasteiger partial charge in [0.25, 0.3) is 5.91 Å². The molecular formula is C30H23NO3. The van der Waals surface area contributed by atoms with E-state index in [1.807, 2.05) is 97.1 Å². The molecule has 166 valence electrons. The monoisotopic (exact) mass is 445 g/mol. The molecule has 0 unspecified atom stereocenters. The lowest BCUT2D eigenvalue weighted by Gasteiger charge is -2.09. The van der Waals surface area contributed by atoms with E-state index >= 15 is 0 Å². The van der Waals surface area contributed by atoms with E-state index in [9.17, 15) is 9.59 Å². The summed E-state index contributed by atoms with van der Waals surface area (Å²) in [5.74, 6) is -0.840. The van der Waals surface area contributed by atoms with Crippen LogP contribution in [0.5, 0.6) is 0 Å². The second-order valence-corrected chi connectivity index (χ2v) is 7.99. The molecule has 1 amide bonds. The van der Waals surface area contributed by atoms with E-state index in [1.54, 1.807) is 13.0 Å². The highest BCUT2D eigenvalue weighted by Crippen LogP contribution is 2.33. The predicted octanol–water partition coefficient (Wildman–Crippen LogP) is 5.99. The fourth-order valence-electron chi connectivity index (χ4n) is 4.25. The molecule has 0 saturated heterocycles. The van der Waals surface area contributed by atoms with Crippen molar-refractivity contribution in [3.05, 3.63) is 119 Å². The lowest BCUT2D eigenvalue weighted by Crippen LogP contribution is -2.15. The molecule has 0 aromatic heterocycles. The Labute approximate surface area is 198 Å². The van der Waals surface area contributed by atoms with Gasteiger partial charge in [-0.05, 0) is 46.0 Å². The van der Waals surface area contributed by atoms with Crippen molar-refractivity contribution in [1.82, 2.24) is 5.32 Å². The van der Waals surface area contributed by atoms with Gasteiger partial charge < -0.3 is 10.1 Å². The number of carbonyl (C=O) groups is 2. The predicted molar refractivity (Wildman–Crippen MR) is 135 cm³/mol. The van der Waals surface area contributed by atoms with Crippen molar-refractivity contribution >= 4 is 34.4 Å². The topological polar surface area (TPSA) is 55.4 Å². The second kappa shape index (κ2) is 9.20. The molecule has 4 aromatic rings. The third kappa shape index (κ3) is 4.02. The number of hydrogen-bond acceptors (Lipinski definition) is 3. The molecule has 0 spiro atoms. The van der Waals surface area contributed by atoms with E-state index in [1.165, 1.54) is 0 Å². The summed E-state index contributed by atoms with van der Waals surface area (Å²) in [5.41, 5.74) is 4.79. The van der Waals surface area contributed by atoms with Gasteiger partial charge in [-0.3, -0.25) is 4.79 Å². The lowest BCUT2D eigenvalue weighted by atomic mass is 9.97. The Balaban J connectivity index is 1.62. The molecule has 0 bridgehead atoms. The number of carbonyl (C=O) groups excluding carboxylic acids is 2. The molecule has 4 nitrogen and oxygen atoms in total. The summed E-state index contributed by atoms with van der Waals surface area (Å²) in [4.78, 5) is 26.1. The summed E-state index contributed by atoms with van der Waals surface area (Å²) in [7, 11) is 0. The summed E-state index contributed by atoms with van der Waals surface area (Å²) >= 11 is 0. The number of amides is 1. The van der Waals surface area contributed by atoms with Gasteiger partial charge in [0.05, 0.1) is 23.5 Å². The summed E-state index contributed by atoms with van der Waals surface area (Å²) in [6, 6.07) is 31.7. The van der Waals surface area contributed by atoms with Crippen molar-refractivity contribution in [3.63, 3.8) is 0 Å². The molecule has 4 heteroatoms. The van der Waals surface area contributed by atoms with Crippen LogP contribution < -0.4 is 5.32 Å². The second-order valence-electron chi connectivity index (χ2n) is 7.99. The molecule has 0 radical (unpaired) electrons. The standard InChI is InChI=1S/C30H23NO3/c1-2-34-30(33)27-26(19-24-13-8-12-22-11-6-7-14-25(22)24)29(32)31-28(27)23-17-15-21(16-18-23)20-9-4-3-5-10-20/h3-19H,2H2,1H3,(H,31,32)/b26-19-. The zero-order valence-corrected chi connectivity index (χ0v) is 18.7. The third-order valence-corrected chi connectivity index (χ3v) is 5.89. The number of benzene rings is 4. The zero-order chi connectivity index (χ0) is 23.5. The van der Waals surface area contributed by atoms with Gasteiger partial charge >= 0.3 is 5.97 Å². The highest BCUT2D eigenvalue weighted by atomic mass is 16.5. The maximum atomic E-state index is 13.1. The Morgan fingerprint density at radius 2 is 1.44 bits per heavy atom. The van der Waals surface area contributed by atoms with Crippen LogP contribution in [0.1, 0.15) is 18.1 Å². The largest absolute Gasteiger partial charge is 0.462 e. The van der Waals surface area contributed by atoms with Crippen LogP contribution in [0, 0.1) is 0 Å². The Morgan fingerprint density at radius 3 is 2.21 bits per heavy atom. The van der Waals surface area contributed by atoms with Gasteiger partial charge in [0, 0.05) is 0 Å². The Morgan fingerprint density at radius 1 is 0.794 bits per heavy atom. The van der Waals surface area contributed by atoms with Gasteiger partial charge in [-0.2, -0.15) is 0 Å². The maximum Gasteiger partial charge on any atom is 0.341 e. The average molecular weight is 446 g/mol. The number of esters is 1. The Bertz CT molecular complexity index is 1440. The van der Waals surface area contributed by atoms with E-state index in [0.717, 1.165) is 33.0 Å². The number of ether oxygens (including phenoxy) is 1. The highest BCUT2D eigenvalue weighted by Gasteiger charge is 2.33. The number of hydrogen-bond donors (Lipinski definition) is 1. The molecule has 34 heavy (non-hydrogen) atoms. The quantitative estimate of drug-likeness (QED) is 0.303. The molecular weight excluding hydrogens is 422 g/mol. The first-order chi connectivity index (χ1) is 16.7. The maximum absolute atomic E-state index is 13.1. The molecule has 1 aliphatic heterocycles. The SMILES string of the molecule is CCOC(=O)C1=C(c2ccc(-c3ccccc3)cc2)NC(=O)/C1=C\c1cccc2ccccc12. The molecule has 4 aromatic carbocycles. The van der Waals surface area contributed by atoms with Gasteiger partial charge in [0.2, 0.25) is 0 Å². The third-order valence-electron chi connectivity index (χ3n) is 5.89. The number of rotatable bonds is 5. The van der Waals surface area contributed by atoms with Crippen LogP contribution in [0.15, 0.2) is 108 Å². The first-order valence-electron chi connectivity index (χ1n) is 11.2. The minimum atomic E-state index is -0.519. The molecule has 1 aliphatic rings. The summed E-state index contributed by atoms with van der Waals surface area (Å²) in [6.45, 7) is 1.98. The van der Waals surface area contributed by atoms with Gasteiger partial charge in [0.15, 0.2) is 0 Å². The summed E-state index contributed by atoms with van der Waals surface area (Å²) in [5, 5.41) is 4.98. The fourth-order valence-corrected chi connectivity index (χ4v) is 4.25. The van der Waals surface area contributed by atoms with Crippen molar-refractivity contribution in [2.24, 2.45) is 0 Å². The molecule has 1 N–H and O–H groups in total. The molecule has 0 aliphatic carbocycles. The minimum Gasteiger partial charge on any atom is -0.462 e. The van der Waals surface area contributed by atoms with E-state index < -0.39 is 5.97 Å². The van der Waals surface area contributed by atoms with Crippen LogP contribution in [0.3, 0.4) is 0 Å². The first kappa shape index (κ1) is 21.4. The van der Waals surface area contributed by atoms with Crippen molar-refractivity contribution in [2.75, 3.05) is 6.61 Å². The Hall–Kier alpha value is -4.44. The van der Waals surface area contributed by atoms with Gasteiger partial charge in [0.1, 0.15) is 0 Å². The minimum absolute atomic E-state index is 0.221. The summed E-state index contributed by atoms with van der Waals surface area (Å²) < 4.78 is 5.34. The van der Waals surface area contributed by atoms with E-state index in [4.69, 9.17) is 4.74 Å². The van der Waals surface area contributed by atoms with Crippen molar-refractivity contribution in [2.45, 2.75) is 6.92 Å². The van der Waals surface area contributed by atoms with Crippen LogP contribution in [-0.4, -0.2) is 18.5 Å². The Kier molecular flexibility index (Phi) is 5.79. The number of nitrogens with one attached hydrogen (secondary N) is 1. The highest BCUT2D eigenvalue weighted by molar-refractivity contribution is 6.23. The molecule has 0 saturated carbocycles. The molecule has 5 rings (SSSR count). The fraction of sp³-hybridized carbons (Fsp3) is 0.0667. The van der Waals surface area contributed by atoms with E-state index in [0.29, 0.717) is 11.3 Å². The summed E-state index contributed by atoms with van der Waals surface area (Å²) in [6.07, 6.45) is 1.77. The smallest absolute Gasteiger partial charge is 0.341 e. The van der Waals surface area contributed by atoms with Gasteiger partial charge in [-0.1, -0.05) is 97.1 Å². The van der Waals surface area contributed by atoms with Crippen LogP contribution in [0.4, 0.5) is 0 Å². The van der Waals surface area contributed by atoms with Crippen molar-refractivity contribution in [1.29, 1.82) is 0 Å². The average Bonchev–Trinajstić information content (AvgIpc) is 3.21. The van der Waals surface area contributed by atoms with E-state index in [2.05, 4.69) is 5.32 Å². The van der Waals surface area contributed by atoms with Crippen LogP contribution in [-0.2, 0) is 14.3 Å². The van der Waals surface area contributed by atoms with Crippen molar-refractivity contribution in [3.8, 4) is 11.1 Å². The lowest BCUT2D eigenvalue weighted by molar-refractivity contribution is -0.138. The van der Waals surface area contributed by atoms with Gasteiger partial charge in [-0.25, -0.2) is 4.79 Å². The zero-order valence-electron chi connectivity index (χ0n) is 18.7. The normalized spacial score (nSPS) is 14.5. The van der Waals surface area contributed by atoms with Crippen LogP contribution in [0.2, 0.25) is 0 Å². The van der Waals surface area contributed by atoms with Crippen molar-refractivity contribution < 1.29 is 14.3 Å². The van der Waals surface area contributed by atoms with Gasteiger partial charge in [-0.15, -0.1) is 0 Å². The number of fused-ring (bicyclic) bond motifs is 1. The molecule has 0 atom stereocenters. The van der Waals surface area contributed by atoms with Crippen LogP contribution >= 0.6 is 0 Å². The van der Waals surface area contributed by atoms with Crippen LogP contribution in [0.25, 0.3) is 33.7 Å². The first-order valence-corrected chi connectivity index (χ1v) is 11.2. The molecule has 1 heterocycles.